The highest BCUT2D eigenvalue weighted by Crippen LogP contribution is 2.25. The van der Waals surface area contributed by atoms with Gasteiger partial charge in [-0.05, 0) is 72.9 Å². The van der Waals surface area contributed by atoms with Gasteiger partial charge in [0, 0.05) is 11.9 Å². The summed E-state index contributed by atoms with van der Waals surface area (Å²) in [4.78, 5) is 12.6. The van der Waals surface area contributed by atoms with E-state index >= 15 is 0 Å². The number of fused-ring (bicyclic) bond motifs is 1. The van der Waals surface area contributed by atoms with Gasteiger partial charge in [0.1, 0.15) is 11.6 Å². The van der Waals surface area contributed by atoms with Crippen molar-refractivity contribution in [3.63, 3.8) is 0 Å². The minimum atomic E-state index is -0.371. The monoisotopic (exact) mass is 387 g/mol. The molecule has 1 aliphatic rings. The number of rotatable bonds is 6. The normalized spacial score (nSPS) is 14.7. The van der Waals surface area contributed by atoms with Gasteiger partial charge in [0.05, 0.1) is 6.04 Å². The first kappa shape index (κ1) is 20.7. The molecule has 3 rings (SSSR count). The van der Waals surface area contributed by atoms with Crippen LogP contribution < -0.4 is 10.6 Å². The van der Waals surface area contributed by atoms with Crippen molar-refractivity contribution in [3.05, 3.63) is 76.5 Å². The molecule has 150 valence electrons. The van der Waals surface area contributed by atoms with E-state index in [0.717, 1.165) is 24.1 Å². The average molecular weight is 388 g/mol. The van der Waals surface area contributed by atoms with E-state index in [9.17, 15) is 10.1 Å². The molecule has 2 aromatic carbocycles. The smallest absolute Gasteiger partial charge is 0.263 e. The van der Waals surface area contributed by atoms with Gasteiger partial charge in [0.25, 0.3) is 5.91 Å². The van der Waals surface area contributed by atoms with Crippen LogP contribution in [0.15, 0.2) is 54.2 Å². The lowest BCUT2D eigenvalue weighted by Crippen LogP contribution is -2.28. The van der Waals surface area contributed by atoms with Crippen LogP contribution in [-0.4, -0.2) is 5.91 Å². The third-order valence-corrected chi connectivity index (χ3v) is 5.55. The molecule has 0 aromatic heterocycles. The summed E-state index contributed by atoms with van der Waals surface area (Å²) in [7, 11) is 0. The second kappa shape index (κ2) is 9.43. The van der Waals surface area contributed by atoms with Gasteiger partial charge in [-0.2, -0.15) is 5.26 Å². The standard InChI is InChI=1S/C25H29N3O/c1-17(2)19-10-12-24(13-11-19)27-16-23(15-26)25(29)28-18(3)21-9-8-20-6-4-5-7-22(20)14-21/h8-14,16-18,27H,4-7H2,1-3H3,(H,28,29)/b23-16-. The van der Waals surface area contributed by atoms with Gasteiger partial charge in [0.15, 0.2) is 0 Å². The van der Waals surface area contributed by atoms with Gasteiger partial charge in [0.2, 0.25) is 0 Å². The van der Waals surface area contributed by atoms with E-state index in [1.807, 2.05) is 37.3 Å². The fourth-order valence-corrected chi connectivity index (χ4v) is 3.65. The fraction of sp³-hybridized carbons (Fsp3) is 0.360. The number of amides is 1. The zero-order chi connectivity index (χ0) is 20.8. The van der Waals surface area contributed by atoms with Crippen LogP contribution in [-0.2, 0) is 17.6 Å². The van der Waals surface area contributed by atoms with Gasteiger partial charge >= 0.3 is 0 Å². The second-order valence-corrected chi connectivity index (χ2v) is 8.02. The third-order valence-electron chi connectivity index (χ3n) is 5.55. The number of hydrogen-bond acceptors (Lipinski definition) is 3. The molecule has 0 saturated heterocycles. The van der Waals surface area contributed by atoms with Gasteiger partial charge in [-0.1, -0.05) is 44.2 Å². The Morgan fingerprint density at radius 1 is 1.00 bits per heavy atom. The maximum absolute atomic E-state index is 12.6. The summed E-state index contributed by atoms with van der Waals surface area (Å²) in [6.45, 7) is 6.24. The first-order valence-electron chi connectivity index (χ1n) is 10.4. The molecule has 4 nitrogen and oxygen atoms in total. The van der Waals surface area contributed by atoms with E-state index in [0.29, 0.717) is 5.92 Å². The lowest BCUT2D eigenvalue weighted by molar-refractivity contribution is -0.117. The Hall–Kier alpha value is -3.06. The Bertz CT molecular complexity index is 936. The topological polar surface area (TPSA) is 64.9 Å². The molecular formula is C25H29N3O. The highest BCUT2D eigenvalue weighted by atomic mass is 16.1. The van der Waals surface area contributed by atoms with Crippen molar-refractivity contribution in [1.82, 2.24) is 5.32 Å². The van der Waals surface area contributed by atoms with E-state index in [-0.39, 0.29) is 17.5 Å². The highest BCUT2D eigenvalue weighted by Gasteiger charge is 2.16. The maximum atomic E-state index is 12.6. The first-order valence-corrected chi connectivity index (χ1v) is 10.4. The quantitative estimate of drug-likeness (QED) is 0.516. The van der Waals surface area contributed by atoms with Crippen molar-refractivity contribution in [1.29, 1.82) is 5.26 Å². The van der Waals surface area contributed by atoms with Gasteiger partial charge < -0.3 is 10.6 Å². The number of carbonyl (C=O) groups is 1. The molecule has 1 aliphatic carbocycles. The van der Waals surface area contributed by atoms with Crippen LogP contribution in [0, 0.1) is 11.3 Å². The summed E-state index contributed by atoms with van der Waals surface area (Å²) in [5.41, 5.74) is 6.03. The van der Waals surface area contributed by atoms with Gasteiger partial charge in [-0.3, -0.25) is 4.79 Å². The number of nitrogens with one attached hydrogen (secondary N) is 2. The Balaban J connectivity index is 1.64. The second-order valence-electron chi connectivity index (χ2n) is 8.02. The van der Waals surface area contributed by atoms with E-state index in [2.05, 4.69) is 42.7 Å². The molecule has 1 amide bonds. The predicted octanol–water partition coefficient (Wildman–Crippen LogP) is 5.39. The number of benzene rings is 2. The van der Waals surface area contributed by atoms with Crippen LogP contribution in [0.1, 0.15) is 67.8 Å². The third kappa shape index (κ3) is 5.26. The first-order chi connectivity index (χ1) is 14.0. The molecule has 0 radical (unpaired) electrons. The minimum absolute atomic E-state index is 0.0581. The van der Waals surface area contributed by atoms with Gasteiger partial charge in [-0.25, -0.2) is 0 Å². The summed E-state index contributed by atoms with van der Waals surface area (Å²) in [5.74, 6) is 0.0918. The Morgan fingerprint density at radius 2 is 1.66 bits per heavy atom. The number of nitrogens with zero attached hydrogens (tertiary/aromatic N) is 1. The molecule has 0 saturated carbocycles. The minimum Gasteiger partial charge on any atom is -0.360 e. The van der Waals surface area contributed by atoms with Crippen LogP contribution in [0.2, 0.25) is 0 Å². The van der Waals surface area contributed by atoms with Crippen molar-refractivity contribution in [2.45, 2.75) is 58.4 Å². The summed E-state index contributed by atoms with van der Waals surface area (Å²) in [5, 5.41) is 15.4. The lowest BCUT2D eigenvalue weighted by Gasteiger charge is -2.20. The predicted molar refractivity (Wildman–Crippen MR) is 117 cm³/mol. The lowest BCUT2D eigenvalue weighted by atomic mass is 9.89. The van der Waals surface area contributed by atoms with Crippen molar-refractivity contribution in [2.24, 2.45) is 0 Å². The number of anilines is 1. The fourth-order valence-electron chi connectivity index (χ4n) is 3.65. The molecule has 4 heteroatoms. The average Bonchev–Trinajstić information content (AvgIpc) is 2.74. The van der Waals surface area contributed by atoms with Crippen molar-refractivity contribution in [3.8, 4) is 6.07 Å². The summed E-state index contributed by atoms with van der Waals surface area (Å²) < 4.78 is 0. The molecule has 0 fully saturated rings. The largest absolute Gasteiger partial charge is 0.360 e. The number of nitriles is 1. The molecule has 2 N–H and O–H groups in total. The van der Waals surface area contributed by atoms with E-state index in [1.165, 1.54) is 35.7 Å². The molecule has 0 spiro atoms. The number of hydrogen-bond donors (Lipinski definition) is 2. The van der Waals surface area contributed by atoms with E-state index < -0.39 is 0 Å². The zero-order valence-electron chi connectivity index (χ0n) is 17.5. The van der Waals surface area contributed by atoms with Crippen LogP contribution >= 0.6 is 0 Å². The van der Waals surface area contributed by atoms with Crippen LogP contribution in [0.4, 0.5) is 5.69 Å². The molecule has 29 heavy (non-hydrogen) atoms. The highest BCUT2D eigenvalue weighted by molar-refractivity contribution is 5.97. The van der Waals surface area contributed by atoms with E-state index in [1.54, 1.807) is 0 Å². The van der Waals surface area contributed by atoms with Crippen molar-refractivity contribution in [2.75, 3.05) is 5.32 Å². The number of aryl methyl sites for hydroxylation is 2. The van der Waals surface area contributed by atoms with Crippen LogP contribution in [0.25, 0.3) is 0 Å². The molecule has 1 unspecified atom stereocenters. The molecule has 0 heterocycles. The SMILES string of the molecule is CC(C)c1ccc(N/C=C(/C#N)C(=O)NC(C)c2ccc3c(c2)CCCC3)cc1. The molecular weight excluding hydrogens is 358 g/mol. The zero-order valence-corrected chi connectivity index (χ0v) is 17.5. The molecule has 0 aliphatic heterocycles. The van der Waals surface area contributed by atoms with Crippen molar-refractivity contribution < 1.29 is 4.79 Å². The molecule has 0 bridgehead atoms. The Morgan fingerprint density at radius 3 is 2.31 bits per heavy atom. The van der Waals surface area contributed by atoms with Gasteiger partial charge in [-0.15, -0.1) is 0 Å². The van der Waals surface area contributed by atoms with Crippen LogP contribution in [0.5, 0.6) is 0 Å². The molecule has 1 atom stereocenters. The summed E-state index contributed by atoms with van der Waals surface area (Å²) in [6.07, 6.45) is 6.19. The van der Waals surface area contributed by atoms with Crippen molar-refractivity contribution >= 4 is 11.6 Å². The van der Waals surface area contributed by atoms with Crippen LogP contribution in [0.3, 0.4) is 0 Å². The summed E-state index contributed by atoms with van der Waals surface area (Å²) in [6, 6.07) is 16.3. The Kier molecular flexibility index (Phi) is 6.72. The summed E-state index contributed by atoms with van der Waals surface area (Å²) >= 11 is 0. The van der Waals surface area contributed by atoms with E-state index in [4.69, 9.17) is 0 Å². The Labute approximate surface area is 173 Å². The maximum Gasteiger partial charge on any atom is 0.263 e. The number of carbonyl (C=O) groups excluding carboxylic acids is 1. The molecule has 2 aromatic rings.